The van der Waals surface area contributed by atoms with Crippen molar-refractivity contribution in [2.45, 2.75) is 38.8 Å². The predicted octanol–water partition coefficient (Wildman–Crippen LogP) is 1.59. The van der Waals surface area contributed by atoms with Crippen molar-refractivity contribution >= 4 is 5.97 Å². The van der Waals surface area contributed by atoms with Gasteiger partial charge in [0.2, 0.25) is 0 Å². The summed E-state index contributed by atoms with van der Waals surface area (Å²) in [4.78, 5) is 13.3. The molecule has 1 unspecified atom stereocenters. The van der Waals surface area contributed by atoms with Gasteiger partial charge >= 0.3 is 5.97 Å². The third-order valence-electron chi connectivity index (χ3n) is 2.66. The van der Waals surface area contributed by atoms with Crippen LogP contribution in [-0.4, -0.2) is 36.6 Å². The number of carbonyl (C=O) groups excluding carboxylic acids is 1. The second kappa shape index (κ2) is 5.15. The third-order valence-corrected chi connectivity index (χ3v) is 2.66. The van der Waals surface area contributed by atoms with Crippen LogP contribution in [0.1, 0.15) is 26.7 Å². The van der Waals surface area contributed by atoms with Gasteiger partial charge in [-0.05, 0) is 33.2 Å². The van der Waals surface area contributed by atoms with E-state index in [9.17, 15) is 4.79 Å². The zero-order chi connectivity index (χ0) is 10.6. The van der Waals surface area contributed by atoms with Gasteiger partial charge in [0.1, 0.15) is 0 Å². The Bertz CT molecular complexity index is 223. The minimum atomic E-state index is -0.263. The van der Waals surface area contributed by atoms with Crippen LogP contribution in [0.5, 0.6) is 0 Å². The second-order valence-electron chi connectivity index (χ2n) is 3.92. The molecule has 80 valence electrons. The highest BCUT2D eigenvalue weighted by Crippen LogP contribution is 2.20. The average Bonchev–Trinajstić information content (AvgIpc) is 2.62. The van der Waals surface area contributed by atoms with Crippen LogP contribution in [0, 0.1) is 0 Å². The standard InChI is InChI=1S/C11H19NO2/c1-9(2)12-8-4-5-10(12)6-7-11(13)14-3/h6-7,9-10H,4-5,8H2,1-3H3/b7-6-. The molecule has 1 aliphatic rings. The summed E-state index contributed by atoms with van der Waals surface area (Å²) in [5, 5.41) is 0. The number of hydrogen-bond donors (Lipinski definition) is 0. The van der Waals surface area contributed by atoms with Crippen LogP contribution in [0.15, 0.2) is 12.2 Å². The molecule has 1 heterocycles. The van der Waals surface area contributed by atoms with Gasteiger partial charge in [0, 0.05) is 18.2 Å². The number of ether oxygens (including phenoxy) is 1. The van der Waals surface area contributed by atoms with Crippen molar-refractivity contribution < 1.29 is 9.53 Å². The largest absolute Gasteiger partial charge is 0.466 e. The molecule has 0 N–H and O–H groups in total. The first-order chi connectivity index (χ1) is 6.65. The van der Waals surface area contributed by atoms with E-state index in [1.54, 1.807) is 0 Å². The monoisotopic (exact) mass is 197 g/mol. The Balaban J connectivity index is 2.51. The van der Waals surface area contributed by atoms with Gasteiger partial charge < -0.3 is 4.74 Å². The molecule has 1 rings (SSSR count). The molecule has 14 heavy (non-hydrogen) atoms. The summed E-state index contributed by atoms with van der Waals surface area (Å²) in [5.74, 6) is -0.263. The van der Waals surface area contributed by atoms with Crippen LogP contribution in [0.3, 0.4) is 0 Å². The van der Waals surface area contributed by atoms with Crippen LogP contribution in [0.4, 0.5) is 0 Å². The van der Waals surface area contributed by atoms with Crippen molar-refractivity contribution in [1.29, 1.82) is 0 Å². The van der Waals surface area contributed by atoms with E-state index in [2.05, 4.69) is 23.5 Å². The summed E-state index contributed by atoms with van der Waals surface area (Å²) in [6.07, 6.45) is 5.85. The Kier molecular flexibility index (Phi) is 4.14. The molecule has 0 bridgehead atoms. The van der Waals surface area contributed by atoms with Gasteiger partial charge in [0.25, 0.3) is 0 Å². The van der Waals surface area contributed by atoms with E-state index in [0.29, 0.717) is 12.1 Å². The normalized spacial score (nSPS) is 23.6. The molecule has 0 radical (unpaired) electrons. The van der Waals surface area contributed by atoms with Crippen molar-refractivity contribution in [3.05, 3.63) is 12.2 Å². The summed E-state index contributed by atoms with van der Waals surface area (Å²) in [7, 11) is 1.40. The molecule has 0 saturated carbocycles. The van der Waals surface area contributed by atoms with Gasteiger partial charge in [-0.15, -0.1) is 0 Å². The number of likely N-dealkylation sites (tertiary alicyclic amines) is 1. The third kappa shape index (κ3) is 2.84. The quantitative estimate of drug-likeness (QED) is 0.508. The lowest BCUT2D eigenvalue weighted by molar-refractivity contribution is -0.134. The summed E-state index contributed by atoms with van der Waals surface area (Å²) < 4.78 is 4.56. The molecule has 3 heteroatoms. The molecule has 0 aromatic heterocycles. The van der Waals surface area contributed by atoms with Gasteiger partial charge in [-0.3, -0.25) is 4.90 Å². The number of carbonyl (C=O) groups is 1. The van der Waals surface area contributed by atoms with Crippen LogP contribution < -0.4 is 0 Å². The SMILES string of the molecule is COC(=O)/C=C\C1CCCN1C(C)C. The fourth-order valence-corrected chi connectivity index (χ4v) is 1.92. The molecule has 0 aliphatic carbocycles. The molecule has 0 amide bonds. The Hall–Kier alpha value is -0.830. The summed E-state index contributed by atoms with van der Waals surface area (Å²) in [6.45, 7) is 5.50. The number of hydrogen-bond acceptors (Lipinski definition) is 3. The number of rotatable bonds is 3. The Morgan fingerprint density at radius 3 is 2.86 bits per heavy atom. The van der Waals surface area contributed by atoms with Crippen molar-refractivity contribution in [3.8, 4) is 0 Å². The topological polar surface area (TPSA) is 29.5 Å². The molecule has 0 spiro atoms. The van der Waals surface area contributed by atoms with E-state index < -0.39 is 0 Å². The molecule has 1 atom stereocenters. The van der Waals surface area contributed by atoms with Crippen LogP contribution in [0.2, 0.25) is 0 Å². The van der Waals surface area contributed by atoms with Gasteiger partial charge in [0.15, 0.2) is 0 Å². The average molecular weight is 197 g/mol. The van der Waals surface area contributed by atoms with Gasteiger partial charge in [-0.1, -0.05) is 6.08 Å². The lowest BCUT2D eigenvalue weighted by Crippen LogP contribution is -2.34. The van der Waals surface area contributed by atoms with Gasteiger partial charge in [-0.25, -0.2) is 4.79 Å². The smallest absolute Gasteiger partial charge is 0.330 e. The van der Waals surface area contributed by atoms with E-state index in [1.807, 2.05) is 6.08 Å². The first-order valence-electron chi connectivity index (χ1n) is 5.17. The van der Waals surface area contributed by atoms with Crippen LogP contribution in [-0.2, 0) is 9.53 Å². The Morgan fingerprint density at radius 2 is 2.29 bits per heavy atom. The van der Waals surface area contributed by atoms with Gasteiger partial charge in [-0.2, -0.15) is 0 Å². The number of nitrogens with zero attached hydrogens (tertiary/aromatic N) is 1. The van der Waals surface area contributed by atoms with Crippen molar-refractivity contribution in [1.82, 2.24) is 4.90 Å². The molecular weight excluding hydrogens is 178 g/mol. The number of methoxy groups -OCH3 is 1. The predicted molar refractivity (Wildman–Crippen MR) is 56.0 cm³/mol. The van der Waals surface area contributed by atoms with E-state index in [1.165, 1.54) is 19.6 Å². The zero-order valence-corrected chi connectivity index (χ0v) is 9.19. The second-order valence-corrected chi connectivity index (χ2v) is 3.92. The molecule has 1 saturated heterocycles. The highest BCUT2D eigenvalue weighted by atomic mass is 16.5. The first kappa shape index (κ1) is 11.2. The molecule has 0 aromatic carbocycles. The van der Waals surface area contributed by atoms with Crippen molar-refractivity contribution in [2.75, 3.05) is 13.7 Å². The minimum Gasteiger partial charge on any atom is -0.466 e. The maximum Gasteiger partial charge on any atom is 0.330 e. The lowest BCUT2D eigenvalue weighted by atomic mass is 10.2. The lowest BCUT2D eigenvalue weighted by Gasteiger charge is -2.25. The summed E-state index contributed by atoms with van der Waals surface area (Å²) in [6, 6.07) is 0.957. The van der Waals surface area contributed by atoms with Crippen molar-refractivity contribution in [2.24, 2.45) is 0 Å². The van der Waals surface area contributed by atoms with Gasteiger partial charge in [0.05, 0.1) is 7.11 Å². The van der Waals surface area contributed by atoms with Crippen LogP contribution >= 0.6 is 0 Å². The van der Waals surface area contributed by atoms with E-state index in [0.717, 1.165) is 13.0 Å². The molecule has 3 nitrogen and oxygen atoms in total. The minimum absolute atomic E-state index is 0.263. The van der Waals surface area contributed by atoms with E-state index in [-0.39, 0.29) is 5.97 Å². The molecule has 0 aromatic rings. The number of esters is 1. The fraction of sp³-hybridized carbons (Fsp3) is 0.727. The maximum atomic E-state index is 10.9. The summed E-state index contributed by atoms with van der Waals surface area (Å²) >= 11 is 0. The van der Waals surface area contributed by atoms with Crippen molar-refractivity contribution in [3.63, 3.8) is 0 Å². The highest BCUT2D eigenvalue weighted by molar-refractivity contribution is 5.81. The van der Waals surface area contributed by atoms with E-state index in [4.69, 9.17) is 0 Å². The summed E-state index contributed by atoms with van der Waals surface area (Å²) in [5.41, 5.74) is 0. The fourth-order valence-electron chi connectivity index (χ4n) is 1.92. The van der Waals surface area contributed by atoms with Crippen LogP contribution in [0.25, 0.3) is 0 Å². The zero-order valence-electron chi connectivity index (χ0n) is 9.19. The Labute approximate surface area is 85.7 Å². The molecular formula is C11H19NO2. The molecule has 1 fully saturated rings. The van der Waals surface area contributed by atoms with E-state index >= 15 is 0 Å². The highest BCUT2D eigenvalue weighted by Gasteiger charge is 2.24. The molecule has 1 aliphatic heterocycles. The maximum absolute atomic E-state index is 10.9. The first-order valence-corrected chi connectivity index (χ1v) is 5.17. The Morgan fingerprint density at radius 1 is 1.57 bits per heavy atom.